The Morgan fingerprint density at radius 2 is 1.89 bits per heavy atom. The zero-order chi connectivity index (χ0) is 20.4. The van der Waals surface area contributed by atoms with Gasteiger partial charge in [-0.1, -0.05) is 23.2 Å². The van der Waals surface area contributed by atoms with Crippen LogP contribution in [0.5, 0.6) is 5.75 Å². The molecule has 162 valence electrons. The third kappa shape index (κ3) is 10.2. The third-order valence-corrected chi connectivity index (χ3v) is 5.07. The van der Waals surface area contributed by atoms with Crippen molar-refractivity contribution >= 4 is 63.2 Å². The van der Waals surface area contributed by atoms with E-state index in [0.717, 1.165) is 0 Å². The van der Waals surface area contributed by atoms with E-state index in [-0.39, 0.29) is 70.7 Å². The monoisotopic (exact) mass is 574 g/mol. The molecule has 7 nitrogen and oxygen atoms in total. The Balaban J connectivity index is 0.00000729. The van der Waals surface area contributed by atoms with Crippen LogP contribution in [0.15, 0.2) is 17.1 Å². The maximum Gasteiger partial charge on any atom is 0.387 e. The summed E-state index contributed by atoms with van der Waals surface area (Å²) in [4.78, 5) is 4.26. The minimum absolute atomic E-state index is 0. The number of nitrogens with zero attached hydrogens (tertiary/aromatic N) is 1. The van der Waals surface area contributed by atoms with Crippen LogP contribution < -0.4 is 20.1 Å². The molecule has 0 amide bonds. The molecular formula is C15H23Cl2F2IN4O3S. The van der Waals surface area contributed by atoms with E-state index in [9.17, 15) is 17.2 Å². The van der Waals surface area contributed by atoms with Crippen LogP contribution in [-0.4, -0.2) is 46.4 Å². The molecule has 0 aromatic heterocycles. The number of sulfonamides is 1. The standard InChI is InChI=1S/C15H22Cl2F2N4O3S.HI/c1-3-20-15(21-5-6-23-27(24,25)4-2)22-9-10-7-11(16)8-12(17)13(10)26-14(18)19;/h7-8,14,23H,3-6,9H2,1-2H3,(H2,20,21,22);1H. The summed E-state index contributed by atoms with van der Waals surface area (Å²) in [5.74, 6) is 0.169. The largest absolute Gasteiger partial charge is 0.433 e. The van der Waals surface area contributed by atoms with E-state index >= 15 is 0 Å². The molecule has 0 atom stereocenters. The first-order valence-corrected chi connectivity index (χ1v) is 10.5. The van der Waals surface area contributed by atoms with Gasteiger partial charge in [-0.15, -0.1) is 24.0 Å². The molecule has 0 spiro atoms. The summed E-state index contributed by atoms with van der Waals surface area (Å²) in [5, 5.41) is 6.12. The number of halogens is 5. The van der Waals surface area contributed by atoms with Crippen LogP contribution in [0.4, 0.5) is 8.78 Å². The summed E-state index contributed by atoms with van der Waals surface area (Å²) in [6, 6.07) is 2.74. The number of hydrogen-bond acceptors (Lipinski definition) is 4. The molecule has 0 aliphatic rings. The van der Waals surface area contributed by atoms with Crippen LogP contribution in [0.2, 0.25) is 10.0 Å². The third-order valence-electron chi connectivity index (χ3n) is 3.16. The molecule has 0 bridgehead atoms. The first-order chi connectivity index (χ1) is 12.7. The van der Waals surface area contributed by atoms with Crippen molar-refractivity contribution in [3.8, 4) is 5.75 Å². The molecule has 0 unspecified atom stereocenters. The highest BCUT2D eigenvalue weighted by atomic mass is 127. The first kappa shape index (κ1) is 27.4. The summed E-state index contributed by atoms with van der Waals surface area (Å²) < 4.78 is 54.8. The van der Waals surface area contributed by atoms with Gasteiger partial charge in [0, 0.05) is 30.2 Å². The zero-order valence-electron chi connectivity index (χ0n) is 15.3. The van der Waals surface area contributed by atoms with Gasteiger partial charge in [-0.05, 0) is 26.0 Å². The Labute approximate surface area is 190 Å². The van der Waals surface area contributed by atoms with E-state index in [1.54, 1.807) is 0 Å². The van der Waals surface area contributed by atoms with Crippen molar-refractivity contribution in [1.82, 2.24) is 15.4 Å². The Bertz CT molecular complexity index is 755. The van der Waals surface area contributed by atoms with Gasteiger partial charge in [0.2, 0.25) is 10.0 Å². The molecule has 3 N–H and O–H groups in total. The lowest BCUT2D eigenvalue weighted by molar-refractivity contribution is -0.0503. The van der Waals surface area contributed by atoms with E-state index < -0.39 is 16.6 Å². The number of alkyl halides is 2. The maximum atomic E-state index is 12.6. The van der Waals surface area contributed by atoms with E-state index in [1.165, 1.54) is 19.1 Å². The van der Waals surface area contributed by atoms with Gasteiger partial charge in [0.05, 0.1) is 17.3 Å². The number of ether oxygens (including phenoxy) is 1. The van der Waals surface area contributed by atoms with Crippen molar-refractivity contribution in [2.45, 2.75) is 27.0 Å². The van der Waals surface area contributed by atoms with Gasteiger partial charge in [0.1, 0.15) is 5.75 Å². The second-order valence-corrected chi connectivity index (χ2v) is 8.11. The molecule has 0 fully saturated rings. The molecule has 0 saturated carbocycles. The molecule has 1 aromatic carbocycles. The highest BCUT2D eigenvalue weighted by Crippen LogP contribution is 2.34. The van der Waals surface area contributed by atoms with Gasteiger partial charge in [-0.25, -0.2) is 18.1 Å². The highest BCUT2D eigenvalue weighted by molar-refractivity contribution is 14.0. The molecule has 28 heavy (non-hydrogen) atoms. The molecule has 0 aliphatic carbocycles. The summed E-state index contributed by atoms with van der Waals surface area (Å²) in [7, 11) is -3.28. The minimum Gasteiger partial charge on any atom is -0.433 e. The van der Waals surface area contributed by atoms with Gasteiger partial charge in [-0.2, -0.15) is 8.78 Å². The average Bonchev–Trinajstić information content (AvgIpc) is 2.58. The molecule has 0 aliphatic heterocycles. The van der Waals surface area contributed by atoms with E-state index in [2.05, 4.69) is 25.1 Å². The van der Waals surface area contributed by atoms with Gasteiger partial charge in [-0.3, -0.25) is 0 Å². The smallest absolute Gasteiger partial charge is 0.387 e. The Kier molecular flexibility index (Phi) is 13.3. The molecule has 0 radical (unpaired) electrons. The maximum absolute atomic E-state index is 12.6. The summed E-state index contributed by atoms with van der Waals surface area (Å²) in [6.45, 7) is 1.31. The first-order valence-electron chi connectivity index (χ1n) is 8.10. The van der Waals surface area contributed by atoms with Crippen molar-refractivity contribution in [2.24, 2.45) is 4.99 Å². The van der Waals surface area contributed by atoms with Crippen molar-refractivity contribution in [2.75, 3.05) is 25.4 Å². The predicted molar refractivity (Wildman–Crippen MR) is 119 cm³/mol. The molecule has 1 rings (SSSR count). The van der Waals surface area contributed by atoms with Crippen LogP contribution >= 0.6 is 47.2 Å². The fourth-order valence-electron chi connectivity index (χ4n) is 1.95. The molecule has 0 saturated heterocycles. The van der Waals surface area contributed by atoms with Crippen molar-refractivity contribution in [1.29, 1.82) is 0 Å². The van der Waals surface area contributed by atoms with Crippen molar-refractivity contribution < 1.29 is 21.9 Å². The Hall–Kier alpha value is -0.630. The number of hydrogen-bond donors (Lipinski definition) is 3. The summed E-state index contributed by atoms with van der Waals surface area (Å²) in [6.07, 6.45) is 0. The molecular weight excluding hydrogens is 552 g/mol. The lowest BCUT2D eigenvalue weighted by Gasteiger charge is -2.14. The SMILES string of the molecule is CCNC(=NCc1cc(Cl)cc(Cl)c1OC(F)F)NCCNS(=O)(=O)CC.I. The van der Waals surface area contributed by atoms with Crippen LogP contribution in [0.25, 0.3) is 0 Å². The van der Waals surface area contributed by atoms with Crippen LogP contribution in [0, 0.1) is 0 Å². The number of nitrogens with one attached hydrogen (secondary N) is 3. The van der Waals surface area contributed by atoms with E-state index in [1.807, 2.05) is 6.92 Å². The zero-order valence-corrected chi connectivity index (χ0v) is 19.9. The second-order valence-electron chi connectivity index (χ2n) is 5.17. The number of guanidine groups is 1. The van der Waals surface area contributed by atoms with Crippen molar-refractivity contribution in [3.05, 3.63) is 27.7 Å². The van der Waals surface area contributed by atoms with Crippen LogP contribution in [-0.2, 0) is 16.6 Å². The van der Waals surface area contributed by atoms with Crippen LogP contribution in [0.1, 0.15) is 19.4 Å². The Morgan fingerprint density at radius 3 is 2.46 bits per heavy atom. The number of aliphatic imine (C=N–C) groups is 1. The fourth-order valence-corrected chi connectivity index (χ4v) is 3.14. The average molecular weight is 575 g/mol. The normalized spacial score (nSPS) is 11.9. The summed E-state index contributed by atoms with van der Waals surface area (Å²) >= 11 is 11.8. The van der Waals surface area contributed by atoms with Crippen molar-refractivity contribution in [3.63, 3.8) is 0 Å². The predicted octanol–water partition coefficient (Wildman–Crippen LogP) is 3.21. The number of rotatable bonds is 10. The molecule has 13 heteroatoms. The van der Waals surface area contributed by atoms with Gasteiger partial charge in [0.15, 0.2) is 5.96 Å². The molecule has 1 aromatic rings. The highest BCUT2D eigenvalue weighted by Gasteiger charge is 2.15. The fraction of sp³-hybridized carbons (Fsp3) is 0.533. The molecule has 0 heterocycles. The lowest BCUT2D eigenvalue weighted by Crippen LogP contribution is -2.41. The number of benzene rings is 1. The topological polar surface area (TPSA) is 91.8 Å². The van der Waals surface area contributed by atoms with Gasteiger partial charge in [0.25, 0.3) is 0 Å². The van der Waals surface area contributed by atoms with Gasteiger partial charge >= 0.3 is 6.61 Å². The Morgan fingerprint density at radius 1 is 1.21 bits per heavy atom. The summed E-state index contributed by atoms with van der Waals surface area (Å²) in [5.41, 5.74) is 0.289. The lowest BCUT2D eigenvalue weighted by atomic mass is 10.2. The van der Waals surface area contributed by atoms with Gasteiger partial charge < -0.3 is 15.4 Å². The van der Waals surface area contributed by atoms with E-state index in [4.69, 9.17) is 23.2 Å². The van der Waals surface area contributed by atoms with Crippen LogP contribution in [0.3, 0.4) is 0 Å². The minimum atomic E-state index is -3.28. The van der Waals surface area contributed by atoms with E-state index in [0.29, 0.717) is 12.5 Å². The second kappa shape index (κ2) is 13.6. The quantitative estimate of drug-likeness (QED) is 0.173.